The van der Waals surface area contributed by atoms with Gasteiger partial charge in [-0.25, -0.2) is 14.6 Å². The fourth-order valence-corrected chi connectivity index (χ4v) is 5.02. The van der Waals surface area contributed by atoms with Gasteiger partial charge in [0.1, 0.15) is 15.8 Å². The first-order valence-electron chi connectivity index (χ1n) is 10.9. The molecule has 0 aliphatic carbocycles. The van der Waals surface area contributed by atoms with Crippen LogP contribution in [0.4, 0.5) is 5.82 Å². The Kier molecular flexibility index (Phi) is 5.86. The molecule has 174 valence electrons. The number of rotatable bonds is 6. The van der Waals surface area contributed by atoms with E-state index in [1.165, 1.54) is 6.33 Å². The molecule has 0 saturated heterocycles. The second-order valence-electron chi connectivity index (χ2n) is 8.56. The Hall–Kier alpha value is -3.25. The Labute approximate surface area is 210 Å². The minimum Gasteiger partial charge on any atom is -0.383 e. The van der Waals surface area contributed by atoms with Crippen LogP contribution in [-0.2, 0) is 6.54 Å². The summed E-state index contributed by atoms with van der Waals surface area (Å²) in [5, 5.41) is 5.50. The molecule has 34 heavy (non-hydrogen) atoms. The zero-order valence-electron chi connectivity index (χ0n) is 19.2. The highest BCUT2D eigenvalue weighted by Crippen LogP contribution is 2.35. The van der Waals surface area contributed by atoms with Crippen LogP contribution in [0, 0.1) is 3.70 Å². The second kappa shape index (κ2) is 8.84. The average Bonchev–Trinajstić information content (AvgIpc) is 3.36. The topological polar surface area (TPSA) is 99.3 Å². The van der Waals surface area contributed by atoms with E-state index in [1.54, 1.807) is 10.6 Å². The van der Waals surface area contributed by atoms with Crippen LogP contribution in [0.3, 0.4) is 0 Å². The van der Waals surface area contributed by atoms with Crippen molar-refractivity contribution in [2.45, 2.75) is 19.5 Å². The summed E-state index contributed by atoms with van der Waals surface area (Å²) in [7, 11) is 4.00. The van der Waals surface area contributed by atoms with E-state index >= 15 is 0 Å². The number of hydrogen-bond acceptors (Lipinski definition) is 6. The van der Waals surface area contributed by atoms with Gasteiger partial charge < -0.3 is 19.6 Å². The van der Waals surface area contributed by atoms with Crippen LogP contribution in [0.2, 0.25) is 0 Å². The third-order valence-corrected chi connectivity index (χ3v) is 6.81. The highest BCUT2D eigenvalue weighted by Gasteiger charge is 2.23. The molecule has 5 heterocycles. The van der Waals surface area contributed by atoms with E-state index in [0.29, 0.717) is 18.0 Å². The molecule has 5 aromatic rings. The van der Waals surface area contributed by atoms with E-state index in [9.17, 15) is 4.79 Å². The summed E-state index contributed by atoms with van der Waals surface area (Å²) < 4.78 is 6.49. The normalized spacial score (nSPS) is 12.7. The number of halogens is 1. The molecule has 1 unspecified atom stereocenters. The molecule has 10 heteroatoms. The molecule has 0 aliphatic rings. The lowest BCUT2D eigenvalue weighted by Gasteiger charge is -2.16. The number of nitrogen functional groups attached to an aromatic ring is 1. The first-order chi connectivity index (χ1) is 16.3. The maximum absolute atomic E-state index is 12.9. The standard InChI is InChI=1S/C24H25IN8O/c1-15(33-24-20(22(25)29-33)23(26)27-14-28-24)18-13-17-6-4-5-8-32(17)21(18)16-7-9-31(19(34)12-16)11-10-30(2)3/h4-9,12-15H,10-11H2,1-3H3,(H2,26,27,28). The van der Waals surface area contributed by atoms with Crippen molar-refractivity contribution in [3.8, 4) is 11.3 Å². The van der Waals surface area contributed by atoms with Gasteiger partial charge >= 0.3 is 0 Å². The monoisotopic (exact) mass is 568 g/mol. The van der Waals surface area contributed by atoms with Crippen LogP contribution >= 0.6 is 22.6 Å². The zero-order chi connectivity index (χ0) is 24.0. The second-order valence-corrected chi connectivity index (χ2v) is 9.58. The van der Waals surface area contributed by atoms with Gasteiger partial charge in [-0.2, -0.15) is 5.10 Å². The van der Waals surface area contributed by atoms with Crippen LogP contribution in [0.5, 0.6) is 0 Å². The van der Waals surface area contributed by atoms with Crippen LogP contribution in [-0.4, -0.2) is 54.3 Å². The van der Waals surface area contributed by atoms with Gasteiger partial charge in [0.25, 0.3) is 5.56 Å². The third kappa shape index (κ3) is 3.86. The van der Waals surface area contributed by atoms with Gasteiger partial charge in [0.05, 0.1) is 17.1 Å². The predicted molar refractivity (Wildman–Crippen MR) is 142 cm³/mol. The number of nitrogens with two attached hydrogens (primary N) is 1. The van der Waals surface area contributed by atoms with E-state index in [4.69, 9.17) is 10.8 Å². The first kappa shape index (κ1) is 22.5. The number of aromatic nitrogens is 6. The van der Waals surface area contributed by atoms with Crippen molar-refractivity contribution < 1.29 is 0 Å². The summed E-state index contributed by atoms with van der Waals surface area (Å²) in [6.07, 6.45) is 5.35. The van der Waals surface area contributed by atoms with Crippen molar-refractivity contribution in [1.29, 1.82) is 0 Å². The van der Waals surface area contributed by atoms with Crippen molar-refractivity contribution >= 4 is 45.0 Å². The van der Waals surface area contributed by atoms with Crippen molar-refractivity contribution in [2.75, 3.05) is 26.4 Å². The molecular weight excluding hydrogens is 543 g/mol. The maximum Gasteiger partial charge on any atom is 0.251 e. The number of hydrogen-bond donors (Lipinski definition) is 1. The van der Waals surface area contributed by atoms with Crippen molar-refractivity contribution in [3.63, 3.8) is 0 Å². The van der Waals surface area contributed by atoms with Crippen LogP contribution in [0.1, 0.15) is 18.5 Å². The molecule has 0 aliphatic heterocycles. The van der Waals surface area contributed by atoms with Gasteiger partial charge in [-0.15, -0.1) is 0 Å². The summed E-state index contributed by atoms with van der Waals surface area (Å²) in [5.74, 6) is 0.413. The average molecular weight is 568 g/mol. The molecule has 5 aromatic heterocycles. The molecule has 0 radical (unpaired) electrons. The molecule has 9 nitrogen and oxygen atoms in total. The van der Waals surface area contributed by atoms with Crippen LogP contribution < -0.4 is 11.3 Å². The highest BCUT2D eigenvalue weighted by molar-refractivity contribution is 14.1. The fourth-order valence-electron chi connectivity index (χ4n) is 4.27. The molecule has 0 spiro atoms. The lowest BCUT2D eigenvalue weighted by molar-refractivity contribution is 0.381. The molecule has 1 atom stereocenters. The molecule has 0 fully saturated rings. The van der Waals surface area contributed by atoms with E-state index in [2.05, 4.69) is 60.9 Å². The molecule has 5 rings (SSSR count). The molecule has 0 aromatic carbocycles. The fraction of sp³-hybridized carbons (Fsp3) is 0.250. The Balaban J connectivity index is 1.67. The Morgan fingerprint density at radius 1 is 1.15 bits per heavy atom. The Morgan fingerprint density at radius 3 is 2.74 bits per heavy atom. The van der Waals surface area contributed by atoms with Crippen molar-refractivity contribution in [2.24, 2.45) is 0 Å². The van der Waals surface area contributed by atoms with E-state index in [-0.39, 0.29) is 11.6 Å². The van der Waals surface area contributed by atoms with Gasteiger partial charge in [-0.1, -0.05) is 6.07 Å². The smallest absolute Gasteiger partial charge is 0.251 e. The Bertz CT molecular complexity index is 1560. The minimum absolute atomic E-state index is 0.0246. The number of nitrogens with zero attached hydrogens (tertiary/aromatic N) is 7. The number of fused-ring (bicyclic) bond motifs is 2. The molecule has 2 N–H and O–H groups in total. The summed E-state index contributed by atoms with van der Waals surface area (Å²) in [5.41, 5.74) is 10.7. The van der Waals surface area contributed by atoms with Crippen LogP contribution in [0.25, 0.3) is 27.8 Å². The first-order valence-corrected chi connectivity index (χ1v) is 12.0. The van der Waals surface area contributed by atoms with Crippen molar-refractivity contribution in [1.82, 2.24) is 33.6 Å². The molecule has 0 saturated carbocycles. The zero-order valence-corrected chi connectivity index (χ0v) is 21.3. The van der Waals surface area contributed by atoms with Crippen LogP contribution in [0.15, 0.2) is 59.9 Å². The minimum atomic E-state index is -0.161. The summed E-state index contributed by atoms with van der Waals surface area (Å²) in [4.78, 5) is 23.6. The maximum atomic E-state index is 12.9. The van der Waals surface area contributed by atoms with Gasteiger partial charge in [-0.3, -0.25) is 4.79 Å². The van der Waals surface area contributed by atoms with Gasteiger partial charge in [0, 0.05) is 48.2 Å². The van der Waals surface area contributed by atoms with E-state index in [0.717, 1.165) is 38.0 Å². The van der Waals surface area contributed by atoms with Gasteiger partial charge in [0.15, 0.2) is 5.65 Å². The highest BCUT2D eigenvalue weighted by atomic mass is 127. The number of likely N-dealkylation sites (N-methyl/N-ethyl adjacent to an activating group) is 1. The largest absolute Gasteiger partial charge is 0.383 e. The van der Waals surface area contributed by atoms with Gasteiger partial charge in [0.2, 0.25) is 0 Å². The van der Waals surface area contributed by atoms with Gasteiger partial charge in [-0.05, 0) is 67.9 Å². The van der Waals surface area contributed by atoms with E-state index in [1.807, 2.05) is 49.4 Å². The van der Waals surface area contributed by atoms with Crippen molar-refractivity contribution in [3.05, 3.63) is 74.7 Å². The molecule has 0 bridgehead atoms. The third-order valence-electron chi connectivity index (χ3n) is 6.06. The summed E-state index contributed by atoms with van der Waals surface area (Å²) in [6, 6.07) is 11.8. The lowest BCUT2D eigenvalue weighted by atomic mass is 10.0. The predicted octanol–water partition coefficient (Wildman–Crippen LogP) is 3.27. The molecular formula is C24H25IN8O. The molecule has 0 amide bonds. The summed E-state index contributed by atoms with van der Waals surface area (Å²) >= 11 is 2.17. The summed E-state index contributed by atoms with van der Waals surface area (Å²) in [6.45, 7) is 3.52. The Morgan fingerprint density at radius 2 is 1.97 bits per heavy atom. The quantitative estimate of drug-likeness (QED) is 0.316. The number of anilines is 1. The lowest BCUT2D eigenvalue weighted by Crippen LogP contribution is -2.25. The van der Waals surface area contributed by atoms with E-state index < -0.39 is 0 Å². The number of pyridine rings is 2. The SMILES string of the molecule is CC(c1cc2ccccn2c1-c1ccn(CCN(C)C)c(=O)c1)n1nc(I)c2c(N)ncnc21.